The number of nitriles is 1. The van der Waals surface area contributed by atoms with Crippen molar-refractivity contribution in [3.63, 3.8) is 0 Å². The lowest BCUT2D eigenvalue weighted by Gasteiger charge is -2.14. The van der Waals surface area contributed by atoms with Gasteiger partial charge in [0.15, 0.2) is 5.75 Å². The number of ether oxygens (including phenoxy) is 1. The van der Waals surface area contributed by atoms with Gasteiger partial charge in [-0.3, -0.25) is 9.59 Å². The average Bonchev–Trinajstić information content (AvgIpc) is 2.89. The first-order valence-electron chi connectivity index (χ1n) is 11.1. The molecule has 0 atom stereocenters. The summed E-state index contributed by atoms with van der Waals surface area (Å²) in [6, 6.07) is 11.4. The van der Waals surface area contributed by atoms with Gasteiger partial charge in [0, 0.05) is 12.6 Å². The van der Waals surface area contributed by atoms with Gasteiger partial charge < -0.3 is 19.6 Å². The highest BCUT2D eigenvalue weighted by molar-refractivity contribution is 7.87. The van der Waals surface area contributed by atoms with Gasteiger partial charge in [-0.1, -0.05) is 23.2 Å². The summed E-state index contributed by atoms with van der Waals surface area (Å²) < 4.78 is 75.2. The maximum absolute atomic E-state index is 13.0. The molecule has 41 heavy (non-hydrogen) atoms. The van der Waals surface area contributed by atoms with Gasteiger partial charge in [-0.2, -0.15) is 26.9 Å². The molecule has 0 radical (unpaired) electrons. The second-order valence-corrected chi connectivity index (χ2v) is 10.5. The van der Waals surface area contributed by atoms with E-state index in [0.29, 0.717) is 11.8 Å². The van der Waals surface area contributed by atoms with Crippen molar-refractivity contribution in [2.45, 2.75) is 18.0 Å². The highest BCUT2D eigenvalue weighted by atomic mass is 35.5. The molecule has 0 aliphatic carbocycles. The number of carbonyl (C=O) groups is 2. The third-order valence-corrected chi connectivity index (χ3v) is 6.97. The zero-order chi connectivity index (χ0) is 30.5. The van der Waals surface area contributed by atoms with Crippen molar-refractivity contribution in [2.24, 2.45) is 0 Å². The molecule has 0 saturated carbocycles. The molecule has 3 aromatic rings. The first kappa shape index (κ1) is 31.3. The fraction of sp³-hybridized carbons (Fsp3) is 0.115. The van der Waals surface area contributed by atoms with E-state index < -0.39 is 39.1 Å². The number of anilines is 2. The van der Waals surface area contributed by atoms with Crippen LogP contribution in [-0.2, 0) is 25.9 Å². The lowest BCUT2D eigenvalue weighted by molar-refractivity contribution is -0.137. The Morgan fingerprint density at radius 1 is 1.00 bits per heavy atom. The third-order valence-electron chi connectivity index (χ3n) is 5.13. The van der Waals surface area contributed by atoms with E-state index in [1.165, 1.54) is 50.4 Å². The molecule has 0 fully saturated rings. The minimum Gasteiger partial charge on any atom is -0.493 e. The van der Waals surface area contributed by atoms with E-state index in [1.54, 1.807) is 6.07 Å². The van der Waals surface area contributed by atoms with E-state index in [1.807, 2.05) is 0 Å². The number of rotatable bonds is 8. The van der Waals surface area contributed by atoms with Crippen LogP contribution in [0.4, 0.5) is 24.5 Å². The molecule has 0 aliphatic rings. The number of nitrogens with zero attached hydrogens (tertiary/aromatic N) is 1. The molecule has 2 amide bonds. The van der Waals surface area contributed by atoms with Crippen LogP contribution in [-0.4, -0.2) is 27.3 Å². The Hall–Kier alpha value is -4.25. The van der Waals surface area contributed by atoms with Crippen LogP contribution in [0.25, 0.3) is 6.08 Å². The molecule has 3 rings (SSSR count). The first-order chi connectivity index (χ1) is 19.1. The van der Waals surface area contributed by atoms with E-state index >= 15 is 0 Å². The fourth-order valence-electron chi connectivity index (χ4n) is 3.27. The summed E-state index contributed by atoms with van der Waals surface area (Å²) in [6.07, 6.45) is -3.65. The van der Waals surface area contributed by atoms with Gasteiger partial charge in [0.1, 0.15) is 16.5 Å². The van der Waals surface area contributed by atoms with Crippen molar-refractivity contribution in [2.75, 3.05) is 17.7 Å². The van der Waals surface area contributed by atoms with E-state index in [0.717, 1.165) is 18.2 Å². The molecule has 214 valence electrons. The van der Waals surface area contributed by atoms with Crippen LogP contribution in [0.2, 0.25) is 10.0 Å². The summed E-state index contributed by atoms with van der Waals surface area (Å²) in [6.45, 7) is 1.29. The smallest absolute Gasteiger partial charge is 0.416 e. The summed E-state index contributed by atoms with van der Waals surface area (Å²) >= 11 is 12.2. The quantitative estimate of drug-likeness (QED) is 0.170. The van der Waals surface area contributed by atoms with Gasteiger partial charge in [0.05, 0.1) is 28.4 Å². The van der Waals surface area contributed by atoms with Gasteiger partial charge in [-0.25, -0.2) is 0 Å². The number of methoxy groups -OCH3 is 1. The lowest BCUT2D eigenvalue weighted by Crippen LogP contribution is -2.15. The second kappa shape index (κ2) is 12.5. The number of halogens is 5. The van der Waals surface area contributed by atoms with Gasteiger partial charge in [0.25, 0.3) is 5.91 Å². The Kier molecular flexibility index (Phi) is 9.54. The highest BCUT2D eigenvalue weighted by Gasteiger charge is 2.31. The van der Waals surface area contributed by atoms with Crippen LogP contribution in [0.1, 0.15) is 18.1 Å². The molecule has 0 unspecified atom stereocenters. The van der Waals surface area contributed by atoms with Gasteiger partial charge in [-0.15, -0.1) is 0 Å². The van der Waals surface area contributed by atoms with E-state index in [9.17, 15) is 36.4 Å². The number of amides is 2. The SMILES string of the molecule is COc1cc(/C=C(\C#N)C(=O)Nc2cc(C(F)(F)F)ccc2Cl)cc(Cl)c1OS(=O)(=O)c1ccc(NC(C)=O)cc1. The number of hydrogen-bond donors (Lipinski definition) is 2. The van der Waals surface area contributed by atoms with Crippen molar-refractivity contribution in [1.82, 2.24) is 0 Å². The predicted octanol–water partition coefficient (Wildman–Crippen LogP) is 6.29. The lowest BCUT2D eigenvalue weighted by atomic mass is 10.1. The van der Waals surface area contributed by atoms with Crippen molar-refractivity contribution >= 4 is 62.6 Å². The Balaban J connectivity index is 1.89. The number of hydrogen-bond acceptors (Lipinski definition) is 7. The molecule has 0 heterocycles. The second-order valence-electron chi connectivity index (χ2n) is 8.09. The Bertz CT molecular complexity index is 1690. The first-order valence-corrected chi connectivity index (χ1v) is 13.3. The molecule has 0 bridgehead atoms. The van der Waals surface area contributed by atoms with Crippen molar-refractivity contribution < 1.29 is 40.1 Å². The Morgan fingerprint density at radius 3 is 2.22 bits per heavy atom. The third kappa shape index (κ3) is 7.91. The van der Waals surface area contributed by atoms with Crippen molar-refractivity contribution in [3.05, 3.63) is 81.3 Å². The molecule has 0 aromatic heterocycles. The number of carbonyl (C=O) groups excluding carboxylic acids is 2. The van der Waals surface area contributed by atoms with Crippen LogP contribution in [0, 0.1) is 11.3 Å². The summed E-state index contributed by atoms with van der Waals surface area (Å²) in [7, 11) is -3.23. The zero-order valence-corrected chi connectivity index (χ0v) is 23.3. The molecule has 0 saturated heterocycles. The molecule has 2 N–H and O–H groups in total. The highest BCUT2D eigenvalue weighted by Crippen LogP contribution is 2.39. The average molecular weight is 628 g/mol. The van der Waals surface area contributed by atoms with Crippen LogP contribution >= 0.6 is 23.2 Å². The summed E-state index contributed by atoms with van der Waals surface area (Å²) in [5.41, 5.74) is -1.53. The maximum atomic E-state index is 13.0. The normalized spacial score (nSPS) is 11.8. The molecule has 3 aromatic carbocycles. The van der Waals surface area contributed by atoms with E-state index in [-0.39, 0.29) is 37.8 Å². The minimum absolute atomic E-state index is 0.0955. The Morgan fingerprint density at radius 2 is 1.66 bits per heavy atom. The maximum Gasteiger partial charge on any atom is 0.416 e. The molecule has 0 aliphatic heterocycles. The van der Waals surface area contributed by atoms with Crippen molar-refractivity contribution in [3.8, 4) is 17.6 Å². The fourth-order valence-corrected chi connectivity index (χ4v) is 4.70. The summed E-state index contributed by atoms with van der Waals surface area (Å²) in [5.74, 6) is -2.00. The van der Waals surface area contributed by atoms with Gasteiger partial charge in [-0.05, 0) is 66.2 Å². The topological polar surface area (TPSA) is 135 Å². The molecular weight excluding hydrogens is 610 g/mol. The summed E-state index contributed by atoms with van der Waals surface area (Å²) in [4.78, 5) is 23.6. The van der Waals surface area contributed by atoms with Crippen LogP contribution in [0.5, 0.6) is 11.5 Å². The van der Waals surface area contributed by atoms with Gasteiger partial charge >= 0.3 is 16.3 Å². The molecular formula is C26H18Cl2F3N3O6S. The summed E-state index contributed by atoms with van der Waals surface area (Å²) in [5, 5.41) is 13.7. The molecule has 15 heteroatoms. The van der Waals surface area contributed by atoms with Crippen LogP contribution < -0.4 is 19.6 Å². The van der Waals surface area contributed by atoms with E-state index in [4.69, 9.17) is 32.1 Å². The number of benzene rings is 3. The monoisotopic (exact) mass is 627 g/mol. The molecule has 0 spiro atoms. The standard InChI is InChI=1S/C26H18Cl2F3N3O6S/c1-14(35)33-18-4-6-19(7-5-18)41(37,38)40-24-21(28)10-15(11-23(24)39-2)9-16(13-32)25(36)34-22-12-17(26(29,30)31)3-8-20(22)27/h3-12H,1-2H3,(H,33,35)(H,34,36)/b16-9+. The van der Waals surface area contributed by atoms with Crippen molar-refractivity contribution in [1.29, 1.82) is 5.26 Å². The molecule has 9 nitrogen and oxygen atoms in total. The van der Waals surface area contributed by atoms with Crippen LogP contribution in [0.15, 0.2) is 65.1 Å². The van der Waals surface area contributed by atoms with Gasteiger partial charge in [0.2, 0.25) is 11.7 Å². The largest absolute Gasteiger partial charge is 0.493 e. The van der Waals surface area contributed by atoms with Crippen LogP contribution in [0.3, 0.4) is 0 Å². The Labute approximate surface area is 242 Å². The minimum atomic E-state index is -4.70. The number of alkyl halides is 3. The van der Waals surface area contributed by atoms with E-state index in [2.05, 4.69) is 10.6 Å². The predicted molar refractivity (Wildman–Crippen MR) is 145 cm³/mol. The zero-order valence-electron chi connectivity index (χ0n) is 21.0. The number of nitrogens with one attached hydrogen (secondary N) is 2.